The molecule has 2 heterocycles. The highest BCUT2D eigenvalue weighted by Gasteiger charge is 2.18. The maximum atomic E-state index is 11.8. The molecule has 0 fully saturated rings. The molecule has 0 bridgehead atoms. The van der Waals surface area contributed by atoms with Crippen LogP contribution in [-0.4, -0.2) is 44.5 Å². The van der Waals surface area contributed by atoms with Crippen LogP contribution in [-0.2, 0) is 20.9 Å². The van der Waals surface area contributed by atoms with E-state index in [-0.39, 0.29) is 23.8 Å². The Balaban J connectivity index is 1.87. The molecule has 8 nitrogen and oxygen atoms in total. The maximum Gasteiger partial charge on any atom is 0.316 e. The van der Waals surface area contributed by atoms with Crippen molar-refractivity contribution < 1.29 is 18.7 Å². The predicted octanol–water partition coefficient (Wildman–Crippen LogP) is 2.11. The third kappa shape index (κ3) is 5.63. The summed E-state index contributed by atoms with van der Waals surface area (Å²) in [6.45, 7) is 7.86. The Labute approximate surface area is 150 Å². The average Bonchev–Trinajstić information content (AvgIpc) is 3.17. The van der Waals surface area contributed by atoms with Crippen LogP contribution in [0.25, 0.3) is 11.6 Å². The number of rotatable bonds is 7. The summed E-state index contributed by atoms with van der Waals surface area (Å²) >= 11 is 1.20. The minimum Gasteiger partial charge on any atom is -0.461 e. The van der Waals surface area contributed by atoms with E-state index in [4.69, 9.17) is 9.15 Å². The van der Waals surface area contributed by atoms with Gasteiger partial charge in [-0.3, -0.25) is 14.2 Å². The van der Waals surface area contributed by atoms with Crippen molar-refractivity contribution in [2.75, 3.05) is 12.4 Å². The topological polar surface area (TPSA) is 99.2 Å². The van der Waals surface area contributed by atoms with E-state index in [2.05, 4.69) is 15.5 Å². The molecule has 0 aliphatic carbocycles. The average molecular weight is 366 g/mol. The molecule has 0 aromatic carbocycles. The minimum atomic E-state index is -0.487. The van der Waals surface area contributed by atoms with Gasteiger partial charge in [0.25, 0.3) is 5.91 Å². The number of amides is 1. The zero-order valence-corrected chi connectivity index (χ0v) is 15.6. The van der Waals surface area contributed by atoms with Crippen molar-refractivity contribution >= 4 is 23.6 Å². The second kappa shape index (κ2) is 8.19. The van der Waals surface area contributed by atoms with Gasteiger partial charge in [-0.1, -0.05) is 11.8 Å². The van der Waals surface area contributed by atoms with Crippen LogP contribution in [0.2, 0.25) is 0 Å². The Bertz CT molecular complexity index is 719. The maximum absolute atomic E-state index is 11.8. The van der Waals surface area contributed by atoms with Crippen LogP contribution in [0.3, 0.4) is 0 Å². The van der Waals surface area contributed by atoms with Gasteiger partial charge in [0, 0.05) is 12.1 Å². The van der Waals surface area contributed by atoms with Gasteiger partial charge in [0.1, 0.15) is 0 Å². The lowest BCUT2D eigenvalue weighted by Gasteiger charge is -2.20. The fraction of sp³-hybridized carbons (Fsp3) is 0.500. The van der Waals surface area contributed by atoms with Gasteiger partial charge < -0.3 is 14.5 Å². The Morgan fingerprint density at radius 1 is 1.36 bits per heavy atom. The van der Waals surface area contributed by atoms with Gasteiger partial charge in [0.15, 0.2) is 23.3 Å². The van der Waals surface area contributed by atoms with Crippen molar-refractivity contribution in [2.24, 2.45) is 0 Å². The van der Waals surface area contributed by atoms with Crippen LogP contribution >= 0.6 is 11.8 Å². The summed E-state index contributed by atoms with van der Waals surface area (Å²) in [4.78, 5) is 23.5. The molecule has 0 unspecified atom stereocenters. The standard InChI is InChI=1S/C16H22N4O4S/c1-5-20-14(11-7-6-8-23-11)18-19-15(20)25-10-13(22)24-9-12(21)17-16(2,3)4/h6-8H,5,9-10H2,1-4H3,(H,17,21). The number of thioether (sulfide) groups is 1. The third-order valence-corrected chi connectivity index (χ3v) is 3.91. The first-order valence-corrected chi connectivity index (χ1v) is 8.85. The molecule has 0 radical (unpaired) electrons. The van der Waals surface area contributed by atoms with Gasteiger partial charge in [0.05, 0.1) is 12.0 Å². The highest BCUT2D eigenvalue weighted by atomic mass is 32.2. The number of aromatic nitrogens is 3. The van der Waals surface area contributed by atoms with Crippen LogP contribution in [0.5, 0.6) is 0 Å². The first kappa shape index (κ1) is 19.0. The first-order chi connectivity index (χ1) is 11.8. The Hall–Kier alpha value is -2.29. The molecule has 0 saturated heterocycles. The molecule has 1 amide bonds. The molecule has 2 aromatic heterocycles. The number of hydrogen-bond acceptors (Lipinski definition) is 7. The van der Waals surface area contributed by atoms with Crippen LogP contribution in [0.1, 0.15) is 27.7 Å². The van der Waals surface area contributed by atoms with Gasteiger partial charge in [-0.25, -0.2) is 0 Å². The largest absolute Gasteiger partial charge is 0.461 e. The first-order valence-electron chi connectivity index (χ1n) is 7.86. The summed E-state index contributed by atoms with van der Waals surface area (Å²) < 4.78 is 12.2. The van der Waals surface area contributed by atoms with Crippen molar-refractivity contribution in [3.8, 4) is 11.6 Å². The van der Waals surface area contributed by atoms with E-state index in [1.165, 1.54) is 11.8 Å². The van der Waals surface area contributed by atoms with Gasteiger partial charge >= 0.3 is 5.97 Å². The smallest absolute Gasteiger partial charge is 0.316 e. The summed E-state index contributed by atoms with van der Waals surface area (Å²) in [7, 11) is 0. The van der Waals surface area contributed by atoms with Gasteiger partial charge in [0.2, 0.25) is 0 Å². The molecule has 9 heteroatoms. The number of esters is 1. The van der Waals surface area contributed by atoms with Crippen molar-refractivity contribution in [2.45, 2.75) is 44.9 Å². The van der Waals surface area contributed by atoms with Crippen molar-refractivity contribution in [3.63, 3.8) is 0 Å². The van der Waals surface area contributed by atoms with Gasteiger partial charge in [-0.05, 0) is 39.8 Å². The van der Waals surface area contributed by atoms with Crippen molar-refractivity contribution in [3.05, 3.63) is 18.4 Å². The summed E-state index contributed by atoms with van der Waals surface area (Å²) in [5.74, 6) is 0.441. The van der Waals surface area contributed by atoms with E-state index >= 15 is 0 Å². The molecule has 2 aromatic rings. The van der Waals surface area contributed by atoms with E-state index < -0.39 is 5.97 Å². The zero-order valence-electron chi connectivity index (χ0n) is 14.7. The zero-order chi connectivity index (χ0) is 18.4. The summed E-state index contributed by atoms with van der Waals surface area (Å²) in [5, 5.41) is 11.5. The lowest BCUT2D eigenvalue weighted by Crippen LogP contribution is -2.42. The molecule has 0 spiro atoms. The van der Waals surface area contributed by atoms with E-state index in [0.29, 0.717) is 23.3 Å². The molecule has 0 atom stereocenters. The molecule has 0 aliphatic heterocycles. The molecule has 136 valence electrons. The quantitative estimate of drug-likeness (QED) is 0.592. The lowest BCUT2D eigenvalue weighted by atomic mass is 10.1. The summed E-state index contributed by atoms with van der Waals surface area (Å²) in [6.07, 6.45) is 1.57. The molecule has 0 saturated carbocycles. The summed E-state index contributed by atoms with van der Waals surface area (Å²) in [6, 6.07) is 3.57. The fourth-order valence-electron chi connectivity index (χ4n) is 2.03. The van der Waals surface area contributed by atoms with Crippen LogP contribution < -0.4 is 5.32 Å². The number of nitrogens with zero attached hydrogens (tertiary/aromatic N) is 3. The van der Waals surface area contributed by atoms with E-state index in [1.54, 1.807) is 18.4 Å². The number of nitrogens with one attached hydrogen (secondary N) is 1. The molecular formula is C16H22N4O4S. The van der Waals surface area contributed by atoms with Crippen molar-refractivity contribution in [1.82, 2.24) is 20.1 Å². The SMILES string of the molecule is CCn1c(SCC(=O)OCC(=O)NC(C)(C)C)nnc1-c1ccco1. The Morgan fingerprint density at radius 3 is 2.72 bits per heavy atom. The summed E-state index contributed by atoms with van der Waals surface area (Å²) in [5.41, 5.74) is -0.363. The second-order valence-electron chi connectivity index (χ2n) is 6.28. The second-order valence-corrected chi connectivity index (χ2v) is 7.22. The van der Waals surface area contributed by atoms with Crippen LogP contribution in [0.15, 0.2) is 28.0 Å². The molecule has 25 heavy (non-hydrogen) atoms. The lowest BCUT2D eigenvalue weighted by molar-refractivity contribution is -0.146. The van der Waals surface area contributed by atoms with E-state index in [0.717, 1.165) is 0 Å². The molecular weight excluding hydrogens is 344 g/mol. The van der Waals surface area contributed by atoms with E-state index in [1.807, 2.05) is 32.3 Å². The highest BCUT2D eigenvalue weighted by Crippen LogP contribution is 2.24. The Kier molecular flexibility index (Phi) is 6.24. The molecule has 0 aliphatic rings. The van der Waals surface area contributed by atoms with Crippen LogP contribution in [0, 0.1) is 0 Å². The van der Waals surface area contributed by atoms with Crippen LogP contribution in [0.4, 0.5) is 0 Å². The fourth-order valence-corrected chi connectivity index (χ4v) is 2.83. The predicted molar refractivity (Wildman–Crippen MR) is 93.0 cm³/mol. The van der Waals surface area contributed by atoms with Gasteiger partial charge in [-0.15, -0.1) is 10.2 Å². The number of carbonyl (C=O) groups excluding carboxylic acids is 2. The highest BCUT2D eigenvalue weighted by molar-refractivity contribution is 7.99. The molecule has 2 rings (SSSR count). The Morgan fingerprint density at radius 2 is 2.12 bits per heavy atom. The number of ether oxygens (including phenoxy) is 1. The monoisotopic (exact) mass is 366 g/mol. The minimum absolute atomic E-state index is 0.0408. The number of hydrogen-bond donors (Lipinski definition) is 1. The number of carbonyl (C=O) groups is 2. The van der Waals surface area contributed by atoms with Gasteiger partial charge in [-0.2, -0.15) is 0 Å². The number of furan rings is 1. The normalized spacial score (nSPS) is 11.4. The van der Waals surface area contributed by atoms with E-state index in [9.17, 15) is 9.59 Å². The third-order valence-electron chi connectivity index (χ3n) is 2.97. The van der Waals surface area contributed by atoms with Crippen molar-refractivity contribution in [1.29, 1.82) is 0 Å². The molecule has 1 N–H and O–H groups in total.